The van der Waals surface area contributed by atoms with Gasteiger partial charge in [-0.1, -0.05) is 0 Å². The second-order valence-electron chi connectivity index (χ2n) is 4.11. The number of rotatable bonds is 5. The Hall–Kier alpha value is -0.810. The molecular weight excluding hydrogens is 242 g/mol. The van der Waals surface area contributed by atoms with E-state index in [1.807, 2.05) is 4.90 Å². The van der Waals surface area contributed by atoms with Gasteiger partial charge in [-0.15, -0.1) is 12.4 Å². The van der Waals surface area contributed by atoms with Crippen molar-refractivity contribution in [1.82, 2.24) is 10.2 Å². The van der Waals surface area contributed by atoms with Crippen LogP contribution in [0.5, 0.6) is 0 Å². The third-order valence-corrected chi connectivity index (χ3v) is 2.75. The Morgan fingerprint density at radius 3 is 2.41 bits per heavy atom. The van der Waals surface area contributed by atoms with E-state index in [0.29, 0.717) is 19.4 Å². The van der Waals surface area contributed by atoms with Gasteiger partial charge < -0.3 is 16.0 Å². The van der Waals surface area contributed by atoms with Gasteiger partial charge in [-0.2, -0.15) is 0 Å². The summed E-state index contributed by atoms with van der Waals surface area (Å²) in [6.07, 6.45) is 4.43. The Morgan fingerprint density at radius 1 is 1.18 bits per heavy atom. The zero-order valence-electron chi connectivity index (χ0n) is 10.1. The normalized spacial score (nSPS) is 15.0. The van der Waals surface area contributed by atoms with E-state index in [2.05, 4.69) is 5.32 Å². The third-order valence-electron chi connectivity index (χ3n) is 2.75. The summed E-state index contributed by atoms with van der Waals surface area (Å²) in [5.41, 5.74) is 5.29. The van der Waals surface area contributed by atoms with Crippen molar-refractivity contribution in [2.75, 3.05) is 26.2 Å². The molecule has 100 valence electrons. The molecule has 1 aliphatic rings. The first-order valence-electron chi connectivity index (χ1n) is 5.98. The highest BCUT2D eigenvalue weighted by Crippen LogP contribution is 2.08. The van der Waals surface area contributed by atoms with Crippen LogP contribution in [0.2, 0.25) is 0 Å². The Morgan fingerprint density at radius 2 is 1.82 bits per heavy atom. The Bertz CT molecular complexity index is 243. The molecule has 6 heteroatoms. The molecule has 0 spiro atoms. The number of nitrogens with one attached hydrogen (secondary N) is 1. The van der Waals surface area contributed by atoms with Gasteiger partial charge in [0.25, 0.3) is 0 Å². The molecule has 0 saturated carbocycles. The van der Waals surface area contributed by atoms with Gasteiger partial charge in [0.2, 0.25) is 11.8 Å². The van der Waals surface area contributed by atoms with E-state index in [-0.39, 0.29) is 30.8 Å². The largest absolute Gasteiger partial charge is 0.347 e. The predicted octanol–water partition coefficient (Wildman–Crippen LogP) is 0.276. The van der Waals surface area contributed by atoms with Gasteiger partial charge in [0.1, 0.15) is 0 Å². The fourth-order valence-corrected chi connectivity index (χ4v) is 1.78. The summed E-state index contributed by atoms with van der Waals surface area (Å²) in [5.74, 6) is -0.0587. The molecule has 0 unspecified atom stereocenters. The highest BCUT2D eigenvalue weighted by atomic mass is 35.5. The SMILES string of the molecule is Cl.NCCCC(=O)NCC(=O)N1CCCCC1. The van der Waals surface area contributed by atoms with Gasteiger partial charge in [-0.25, -0.2) is 0 Å². The molecule has 1 rings (SSSR count). The van der Waals surface area contributed by atoms with E-state index in [9.17, 15) is 9.59 Å². The quantitative estimate of drug-likeness (QED) is 0.748. The molecule has 0 radical (unpaired) electrons. The van der Waals surface area contributed by atoms with Crippen molar-refractivity contribution in [2.45, 2.75) is 32.1 Å². The number of halogens is 1. The van der Waals surface area contributed by atoms with E-state index in [1.165, 1.54) is 6.42 Å². The molecule has 2 amide bonds. The van der Waals surface area contributed by atoms with E-state index >= 15 is 0 Å². The van der Waals surface area contributed by atoms with Gasteiger partial charge in [0.05, 0.1) is 6.54 Å². The van der Waals surface area contributed by atoms with E-state index in [0.717, 1.165) is 25.9 Å². The number of piperidine rings is 1. The van der Waals surface area contributed by atoms with Crippen molar-refractivity contribution in [3.63, 3.8) is 0 Å². The third kappa shape index (κ3) is 6.48. The Labute approximate surface area is 109 Å². The predicted molar refractivity (Wildman–Crippen MR) is 69.0 cm³/mol. The van der Waals surface area contributed by atoms with Crippen molar-refractivity contribution in [3.05, 3.63) is 0 Å². The minimum atomic E-state index is -0.0872. The van der Waals surface area contributed by atoms with Crippen molar-refractivity contribution < 1.29 is 9.59 Å². The number of amides is 2. The van der Waals surface area contributed by atoms with Crippen LogP contribution in [0.3, 0.4) is 0 Å². The van der Waals surface area contributed by atoms with Crippen LogP contribution in [0.25, 0.3) is 0 Å². The van der Waals surface area contributed by atoms with Crippen LogP contribution in [0.15, 0.2) is 0 Å². The van der Waals surface area contributed by atoms with Crippen LogP contribution in [0.1, 0.15) is 32.1 Å². The summed E-state index contributed by atoms with van der Waals surface area (Å²) < 4.78 is 0. The lowest BCUT2D eigenvalue weighted by atomic mass is 10.1. The van der Waals surface area contributed by atoms with Crippen molar-refractivity contribution in [3.8, 4) is 0 Å². The molecule has 1 heterocycles. The summed E-state index contributed by atoms with van der Waals surface area (Å²) in [7, 11) is 0. The minimum Gasteiger partial charge on any atom is -0.347 e. The topological polar surface area (TPSA) is 75.4 Å². The maximum absolute atomic E-state index is 11.7. The van der Waals surface area contributed by atoms with Gasteiger partial charge >= 0.3 is 0 Å². The van der Waals surface area contributed by atoms with Gasteiger partial charge in [-0.05, 0) is 32.2 Å². The zero-order chi connectivity index (χ0) is 11.8. The van der Waals surface area contributed by atoms with E-state index in [4.69, 9.17) is 5.73 Å². The van der Waals surface area contributed by atoms with Gasteiger partial charge in [0.15, 0.2) is 0 Å². The van der Waals surface area contributed by atoms with Gasteiger partial charge in [-0.3, -0.25) is 9.59 Å². The number of likely N-dealkylation sites (tertiary alicyclic amines) is 1. The first-order chi connectivity index (χ1) is 7.74. The lowest BCUT2D eigenvalue weighted by Gasteiger charge is -2.26. The standard InChI is InChI=1S/C11H21N3O2.ClH/c12-6-4-5-10(15)13-9-11(16)14-7-2-1-3-8-14;/h1-9,12H2,(H,13,15);1H. The Kier molecular flexibility index (Phi) is 8.80. The smallest absolute Gasteiger partial charge is 0.241 e. The monoisotopic (exact) mass is 263 g/mol. The van der Waals surface area contributed by atoms with E-state index < -0.39 is 0 Å². The molecule has 0 aliphatic carbocycles. The highest BCUT2D eigenvalue weighted by Gasteiger charge is 2.16. The van der Waals surface area contributed by atoms with Crippen LogP contribution < -0.4 is 11.1 Å². The van der Waals surface area contributed by atoms with Crippen LogP contribution in [-0.4, -0.2) is 42.9 Å². The fraction of sp³-hybridized carbons (Fsp3) is 0.818. The summed E-state index contributed by atoms with van der Waals surface area (Å²) in [6.45, 7) is 2.30. The lowest BCUT2D eigenvalue weighted by Crippen LogP contribution is -2.42. The zero-order valence-corrected chi connectivity index (χ0v) is 10.9. The fourth-order valence-electron chi connectivity index (χ4n) is 1.78. The van der Waals surface area contributed by atoms with Crippen LogP contribution in [0, 0.1) is 0 Å². The first kappa shape index (κ1) is 16.2. The average Bonchev–Trinajstić information content (AvgIpc) is 2.34. The molecule has 0 aromatic heterocycles. The molecule has 0 atom stereocenters. The van der Waals surface area contributed by atoms with Crippen molar-refractivity contribution >= 4 is 24.2 Å². The maximum atomic E-state index is 11.7. The number of carbonyl (C=O) groups excluding carboxylic acids is 2. The first-order valence-corrected chi connectivity index (χ1v) is 5.98. The molecule has 0 aromatic rings. The Balaban J connectivity index is 0.00000256. The number of carbonyl (C=O) groups is 2. The molecule has 5 nitrogen and oxygen atoms in total. The molecular formula is C11H22ClN3O2. The molecule has 0 bridgehead atoms. The molecule has 0 aromatic carbocycles. The molecule has 3 N–H and O–H groups in total. The maximum Gasteiger partial charge on any atom is 0.241 e. The molecule has 1 aliphatic heterocycles. The number of hydrogen-bond acceptors (Lipinski definition) is 3. The molecule has 1 fully saturated rings. The van der Waals surface area contributed by atoms with Gasteiger partial charge in [0, 0.05) is 19.5 Å². The summed E-state index contributed by atoms with van der Waals surface area (Å²) in [4.78, 5) is 24.7. The number of nitrogens with two attached hydrogens (primary N) is 1. The van der Waals surface area contributed by atoms with E-state index in [1.54, 1.807) is 0 Å². The summed E-state index contributed by atoms with van der Waals surface area (Å²) in [6, 6.07) is 0. The second-order valence-corrected chi connectivity index (χ2v) is 4.11. The minimum absolute atomic E-state index is 0. The summed E-state index contributed by atoms with van der Waals surface area (Å²) >= 11 is 0. The van der Waals surface area contributed by atoms with Crippen molar-refractivity contribution in [1.29, 1.82) is 0 Å². The molecule has 1 saturated heterocycles. The number of nitrogens with zero attached hydrogens (tertiary/aromatic N) is 1. The van der Waals surface area contributed by atoms with Crippen LogP contribution >= 0.6 is 12.4 Å². The van der Waals surface area contributed by atoms with Crippen molar-refractivity contribution in [2.24, 2.45) is 5.73 Å². The summed E-state index contributed by atoms with van der Waals surface area (Å²) in [5, 5.41) is 2.63. The lowest BCUT2D eigenvalue weighted by molar-refractivity contribution is -0.133. The number of hydrogen-bond donors (Lipinski definition) is 2. The average molecular weight is 264 g/mol. The highest BCUT2D eigenvalue weighted by molar-refractivity contribution is 5.85. The van der Waals surface area contributed by atoms with Crippen LogP contribution in [0.4, 0.5) is 0 Å². The molecule has 17 heavy (non-hydrogen) atoms. The second kappa shape index (κ2) is 9.24. The van der Waals surface area contributed by atoms with Crippen LogP contribution in [-0.2, 0) is 9.59 Å².